The van der Waals surface area contributed by atoms with Crippen LogP contribution in [0.1, 0.15) is 19.3 Å². The van der Waals surface area contributed by atoms with Gasteiger partial charge in [-0.3, -0.25) is 0 Å². The Morgan fingerprint density at radius 3 is 2.60 bits per heavy atom. The van der Waals surface area contributed by atoms with Crippen molar-refractivity contribution >= 4 is 22.4 Å². The predicted molar refractivity (Wildman–Crippen MR) is 94.0 cm³/mol. The molecule has 2 heterocycles. The molecule has 0 amide bonds. The van der Waals surface area contributed by atoms with E-state index in [2.05, 4.69) is 0 Å². The number of rotatable bonds is 5. The fraction of sp³-hybridized carbons (Fsp3) is 0.625. The quantitative estimate of drug-likeness (QED) is 0.823. The van der Waals surface area contributed by atoms with Crippen LogP contribution in [0.25, 0.3) is 0 Å². The van der Waals surface area contributed by atoms with Gasteiger partial charge in [0.15, 0.2) is 11.6 Å². The van der Waals surface area contributed by atoms with Gasteiger partial charge in [0, 0.05) is 31.7 Å². The number of sulfonamides is 1. The molecule has 2 saturated heterocycles. The minimum Gasteiger partial charge on any atom is -0.490 e. The summed E-state index contributed by atoms with van der Waals surface area (Å²) in [5, 5.41) is 0. The lowest BCUT2D eigenvalue weighted by atomic mass is 10.1. The minimum atomic E-state index is -3.69. The van der Waals surface area contributed by atoms with Crippen LogP contribution in [0, 0.1) is 11.7 Å². The lowest BCUT2D eigenvalue weighted by Crippen LogP contribution is -2.42. The van der Waals surface area contributed by atoms with Crippen LogP contribution in [0.3, 0.4) is 0 Å². The van der Waals surface area contributed by atoms with Gasteiger partial charge < -0.3 is 15.2 Å². The normalized spacial score (nSPS) is 22.6. The Labute approximate surface area is 153 Å². The molecule has 1 atom stereocenters. The summed E-state index contributed by atoms with van der Waals surface area (Å²) < 4.78 is 51.5. The Balaban J connectivity index is 0.00000225. The molecule has 1 aromatic carbocycles. The van der Waals surface area contributed by atoms with Gasteiger partial charge in [0.25, 0.3) is 0 Å². The number of nitrogens with zero attached hydrogens (tertiary/aromatic N) is 1. The fourth-order valence-corrected chi connectivity index (χ4v) is 4.43. The molecular formula is C16H24ClFN2O4S. The van der Waals surface area contributed by atoms with Gasteiger partial charge in [-0.15, -0.1) is 12.4 Å². The first-order valence-electron chi connectivity index (χ1n) is 8.22. The van der Waals surface area contributed by atoms with Crippen molar-refractivity contribution in [2.45, 2.75) is 30.2 Å². The van der Waals surface area contributed by atoms with Gasteiger partial charge in [-0.2, -0.15) is 4.31 Å². The Morgan fingerprint density at radius 1 is 1.28 bits per heavy atom. The Hall–Kier alpha value is -0.930. The second-order valence-electron chi connectivity index (χ2n) is 6.37. The van der Waals surface area contributed by atoms with Crippen molar-refractivity contribution in [2.75, 3.05) is 32.9 Å². The molecule has 142 valence electrons. The van der Waals surface area contributed by atoms with Gasteiger partial charge in [-0.05, 0) is 37.5 Å². The van der Waals surface area contributed by atoms with E-state index >= 15 is 0 Å². The van der Waals surface area contributed by atoms with Gasteiger partial charge in [-0.25, -0.2) is 12.8 Å². The van der Waals surface area contributed by atoms with Crippen LogP contribution in [0.15, 0.2) is 23.1 Å². The van der Waals surface area contributed by atoms with Crippen LogP contribution in [0.2, 0.25) is 0 Å². The summed E-state index contributed by atoms with van der Waals surface area (Å²) in [6, 6.07) is 3.84. The second-order valence-corrected chi connectivity index (χ2v) is 8.31. The zero-order chi connectivity index (χ0) is 17.2. The van der Waals surface area contributed by atoms with E-state index in [0.717, 1.165) is 12.5 Å². The van der Waals surface area contributed by atoms with Gasteiger partial charge in [-0.1, -0.05) is 0 Å². The van der Waals surface area contributed by atoms with Crippen LogP contribution in [-0.4, -0.2) is 51.7 Å². The van der Waals surface area contributed by atoms with E-state index < -0.39 is 15.8 Å². The van der Waals surface area contributed by atoms with E-state index in [1.165, 1.54) is 16.4 Å². The average molecular weight is 395 g/mol. The molecule has 0 bridgehead atoms. The lowest BCUT2D eigenvalue weighted by Gasteiger charge is -2.29. The van der Waals surface area contributed by atoms with Crippen LogP contribution in [0.4, 0.5) is 4.39 Å². The molecule has 2 aliphatic heterocycles. The minimum absolute atomic E-state index is 0. The summed E-state index contributed by atoms with van der Waals surface area (Å²) in [4.78, 5) is -0.0491. The SMILES string of the molecule is Cl.NC1CCN(S(=O)(=O)c2ccc(OCC3CCOC3)c(F)c2)CC1. The Kier molecular flexibility index (Phi) is 7.04. The molecule has 1 aromatic rings. The maximum Gasteiger partial charge on any atom is 0.243 e. The number of ether oxygens (including phenoxy) is 2. The van der Waals surface area contributed by atoms with Gasteiger partial charge in [0.05, 0.1) is 18.1 Å². The molecule has 0 saturated carbocycles. The van der Waals surface area contributed by atoms with Crippen LogP contribution in [-0.2, 0) is 14.8 Å². The smallest absolute Gasteiger partial charge is 0.243 e. The standard InChI is InChI=1S/C16H23FN2O4S.ClH/c17-15-9-14(24(20,21)19-6-3-13(18)4-7-19)1-2-16(15)23-11-12-5-8-22-10-12;/h1-2,9,12-13H,3-8,10-11,18H2;1H. The third-order valence-electron chi connectivity index (χ3n) is 4.54. The molecule has 1 unspecified atom stereocenters. The zero-order valence-corrected chi connectivity index (χ0v) is 15.5. The van der Waals surface area contributed by atoms with Crippen LogP contribution >= 0.6 is 12.4 Å². The summed E-state index contributed by atoms with van der Waals surface area (Å²) >= 11 is 0. The summed E-state index contributed by atoms with van der Waals surface area (Å²) in [7, 11) is -3.69. The van der Waals surface area contributed by atoms with E-state index in [4.69, 9.17) is 15.2 Å². The largest absolute Gasteiger partial charge is 0.490 e. The average Bonchev–Trinajstić information content (AvgIpc) is 3.07. The lowest BCUT2D eigenvalue weighted by molar-refractivity contribution is 0.165. The molecule has 2 fully saturated rings. The molecule has 3 rings (SSSR count). The van der Waals surface area contributed by atoms with Gasteiger partial charge in [0.2, 0.25) is 10.0 Å². The van der Waals surface area contributed by atoms with Crippen molar-refractivity contribution in [2.24, 2.45) is 11.7 Å². The zero-order valence-electron chi connectivity index (χ0n) is 13.9. The van der Waals surface area contributed by atoms with Crippen molar-refractivity contribution in [3.63, 3.8) is 0 Å². The maximum absolute atomic E-state index is 14.2. The molecule has 0 aromatic heterocycles. The summed E-state index contributed by atoms with van der Waals surface area (Å²) in [5.74, 6) is -0.337. The Bertz CT molecular complexity index is 675. The number of benzene rings is 1. The van der Waals surface area contributed by atoms with Gasteiger partial charge in [0.1, 0.15) is 0 Å². The monoisotopic (exact) mass is 394 g/mol. The first kappa shape index (κ1) is 20.4. The van der Waals surface area contributed by atoms with Crippen molar-refractivity contribution in [3.05, 3.63) is 24.0 Å². The highest BCUT2D eigenvalue weighted by molar-refractivity contribution is 7.89. The Morgan fingerprint density at radius 2 is 2.00 bits per heavy atom. The van der Waals surface area contributed by atoms with E-state index in [-0.39, 0.29) is 35.0 Å². The molecule has 0 spiro atoms. The highest BCUT2D eigenvalue weighted by atomic mass is 35.5. The summed E-state index contributed by atoms with van der Waals surface area (Å²) in [6.07, 6.45) is 2.13. The molecule has 0 aliphatic carbocycles. The van der Waals surface area contributed by atoms with E-state index in [0.29, 0.717) is 45.8 Å². The molecule has 2 N–H and O–H groups in total. The highest BCUT2D eigenvalue weighted by Crippen LogP contribution is 2.26. The summed E-state index contributed by atoms with van der Waals surface area (Å²) in [6.45, 7) is 2.42. The van der Waals surface area contributed by atoms with Crippen LogP contribution in [0.5, 0.6) is 5.75 Å². The van der Waals surface area contributed by atoms with E-state index in [1.54, 1.807) is 0 Å². The first-order chi connectivity index (χ1) is 11.5. The number of nitrogens with two attached hydrogens (primary N) is 1. The number of halogens is 2. The first-order valence-corrected chi connectivity index (χ1v) is 9.66. The van der Waals surface area contributed by atoms with Crippen molar-refractivity contribution in [1.82, 2.24) is 4.31 Å². The van der Waals surface area contributed by atoms with E-state index in [1.807, 2.05) is 0 Å². The second kappa shape index (κ2) is 8.64. The molecule has 9 heteroatoms. The third kappa shape index (κ3) is 4.83. The van der Waals surface area contributed by atoms with Crippen molar-refractivity contribution in [1.29, 1.82) is 0 Å². The number of hydrogen-bond acceptors (Lipinski definition) is 5. The fourth-order valence-electron chi connectivity index (χ4n) is 2.95. The molecule has 2 aliphatic rings. The van der Waals surface area contributed by atoms with Crippen molar-refractivity contribution in [3.8, 4) is 5.75 Å². The highest BCUT2D eigenvalue weighted by Gasteiger charge is 2.29. The molecule has 6 nitrogen and oxygen atoms in total. The number of piperidine rings is 1. The molecule has 25 heavy (non-hydrogen) atoms. The van der Waals surface area contributed by atoms with Crippen molar-refractivity contribution < 1.29 is 22.3 Å². The van der Waals surface area contributed by atoms with E-state index in [9.17, 15) is 12.8 Å². The predicted octanol–water partition coefficient (Wildman–Crippen LogP) is 1.77. The molecule has 0 radical (unpaired) electrons. The topological polar surface area (TPSA) is 81.9 Å². The molecular weight excluding hydrogens is 371 g/mol. The summed E-state index contributed by atoms with van der Waals surface area (Å²) in [5.41, 5.74) is 5.80. The maximum atomic E-state index is 14.2. The number of hydrogen-bond donors (Lipinski definition) is 1. The van der Waals surface area contributed by atoms with Gasteiger partial charge >= 0.3 is 0 Å². The van der Waals surface area contributed by atoms with Crippen LogP contribution < -0.4 is 10.5 Å². The third-order valence-corrected chi connectivity index (χ3v) is 6.43.